The largest absolute Gasteiger partial charge is 0.497 e. The van der Waals surface area contributed by atoms with Gasteiger partial charge in [-0.05, 0) is 37.3 Å². The Morgan fingerprint density at radius 3 is 2.67 bits per heavy atom. The molecule has 0 aliphatic heterocycles. The van der Waals surface area contributed by atoms with Gasteiger partial charge in [-0.3, -0.25) is 9.59 Å². The Morgan fingerprint density at radius 1 is 1.21 bits per heavy atom. The lowest BCUT2D eigenvalue weighted by Gasteiger charge is -2.08. The molecule has 6 nitrogen and oxygen atoms in total. The van der Waals surface area contributed by atoms with E-state index in [1.165, 1.54) is 6.92 Å². The molecule has 0 amide bonds. The number of rotatable bonds is 5. The molecule has 3 aromatic rings. The molecule has 122 valence electrons. The van der Waals surface area contributed by atoms with Crippen LogP contribution in [-0.4, -0.2) is 33.5 Å². The summed E-state index contributed by atoms with van der Waals surface area (Å²) >= 11 is 0. The van der Waals surface area contributed by atoms with Gasteiger partial charge in [0.15, 0.2) is 5.78 Å². The number of ketones is 1. The van der Waals surface area contributed by atoms with Crippen LogP contribution >= 0.6 is 0 Å². The number of methoxy groups -OCH3 is 1. The Morgan fingerprint density at radius 2 is 2.00 bits per heavy atom. The number of hydrogen-bond donors (Lipinski definition) is 1. The Hall–Kier alpha value is -3.15. The van der Waals surface area contributed by atoms with Gasteiger partial charge in [0.05, 0.1) is 18.1 Å². The van der Waals surface area contributed by atoms with Crippen molar-refractivity contribution in [2.45, 2.75) is 13.5 Å². The highest BCUT2D eigenvalue weighted by Gasteiger charge is 2.16. The molecular weight excluding hydrogens is 308 g/mol. The fourth-order valence-electron chi connectivity index (χ4n) is 2.63. The van der Waals surface area contributed by atoms with Crippen molar-refractivity contribution in [2.75, 3.05) is 7.11 Å². The zero-order valence-corrected chi connectivity index (χ0v) is 13.3. The lowest BCUT2D eigenvalue weighted by atomic mass is 10.1. The number of carbonyl (C=O) groups is 2. The van der Waals surface area contributed by atoms with Crippen LogP contribution in [0.1, 0.15) is 17.3 Å². The van der Waals surface area contributed by atoms with Crippen LogP contribution < -0.4 is 4.74 Å². The molecule has 6 heteroatoms. The molecule has 0 bridgehead atoms. The van der Waals surface area contributed by atoms with Crippen molar-refractivity contribution < 1.29 is 19.4 Å². The normalized spacial score (nSPS) is 10.8. The maximum atomic E-state index is 11.6. The van der Waals surface area contributed by atoms with Crippen molar-refractivity contribution in [2.24, 2.45) is 0 Å². The summed E-state index contributed by atoms with van der Waals surface area (Å²) in [4.78, 5) is 27.4. The lowest BCUT2D eigenvalue weighted by molar-refractivity contribution is -0.137. The molecule has 0 radical (unpaired) electrons. The number of carboxylic acid groups (broad SMARTS) is 1. The molecule has 0 aliphatic carbocycles. The Balaban J connectivity index is 2.24. The molecule has 1 heterocycles. The van der Waals surface area contributed by atoms with Crippen LogP contribution in [0.5, 0.6) is 5.75 Å². The van der Waals surface area contributed by atoms with Gasteiger partial charge in [-0.15, -0.1) is 0 Å². The minimum Gasteiger partial charge on any atom is -0.497 e. The number of benzene rings is 2. The van der Waals surface area contributed by atoms with Gasteiger partial charge < -0.3 is 14.4 Å². The molecule has 1 N–H and O–H groups in total. The van der Waals surface area contributed by atoms with Gasteiger partial charge >= 0.3 is 5.97 Å². The number of Topliss-reactive ketones (excluding diaryl/α,β-unsaturated/α-hetero) is 1. The molecule has 0 spiro atoms. The zero-order valence-electron chi connectivity index (χ0n) is 13.3. The van der Waals surface area contributed by atoms with Crippen molar-refractivity contribution in [1.29, 1.82) is 0 Å². The highest BCUT2D eigenvalue weighted by molar-refractivity contribution is 5.98. The number of fused-ring (bicyclic) bond motifs is 1. The summed E-state index contributed by atoms with van der Waals surface area (Å²) in [5, 5.41) is 9.23. The molecule has 0 unspecified atom stereocenters. The van der Waals surface area contributed by atoms with Crippen molar-refractivity contribution >= 4 is 22.8 Å². The van der Waals surface area contributed by atoms with Crippen LogP contribution in [0.3, 0.4) is 0 Å². The van der Waals surface area contributed by atoms with E-state index < -0.39 is 5.97 Å². The Bertz CT molecular complexity index is 943. The van der Waals surface area contributed by atoms with E-state index in [1.807, 2.05) is 18.2 Å². The summed E-state index contributed by atoms with van der Waals surface area (Å²) in [6, 6.07) is 12.4. The summed E-state index contributed by atoms with van der Waals surface area (Å²) in [6.45, 7) is 1.26. The second kappa shape index (κ2) is 6.16. The van der Waals surface area contributed by atoms with Gasteiger partial charge in [-0.25, -0.2) is 4.98 Å². The molecule has 0 aliphatic rings. The number of aliphatic carboxylic acids is 1. The number of ether oxygens (including phenoxy) is 1. The number of nitrogens with zero attached hydrogens (tertiary/aromatic N) is 2. The fourth-order valence-corrected chi connectivity index (χ4v) is 2.63. The SMILES string of the molecule is COc1cccc(-c2nc3cc(C(C)=O)ccc3n2CC(=O)O)c1. The first-order valence-corrected chi connectivity index (χ1v) is 7.37. The van der Waals surface area contributed by atoms with E-state index in [-0.39, 0.29) is 12.3 Å². The van der Waals surface area contributed by atoms with Gasteiger partial charge in [0, 0.05) is 11.1 Å². The van der Waals surface area contributed by atoms with Gasteiger partial charge in [-0.1, -0.05) is 12.1 Å². The molecular formula is C18H16N2O4. The molecule has 0 saturated heterocycles. The van der Waals surface area contributed by atoms with E-state index in [4.69, 9.17) is 4.74 Å². The average molecular weight is 324 g/mol. The van der Waals surface area contributed by atoms with Gasteiger partial charge in [-0.2, -0.15) is 0 Å². The van der Waals surface area contributed by atoms with Gasteiger partial charge in [0.25, 0.3) is 0 Å². The number of aromatic nitrogens is 2. The minimum atomic E-state index is -0.964. The van der Waals surface area contributed by atoms with E-state index in [2.05, 4.69) is 4.98 Å². The molecule has 0 fully saturated rings. The van der Waals surface area contributed by atoms with E-state index in [9.17, 15) is 14.7 Å². The van der Waals surface area contributed by atoms with E-state index in [0.717, 1.165) is 5.56 Å². The fraction of sp³-hybridized carbons (Fsp3) is 0.167. The standard InChI is InChI=1S/C18H16N2O4/c1-11(21)12-6-7-16-15(9-12)19-18(20(16)10-17(22)23)13-4-3-5-14(8-13)24-2/h3-9H,10H2,1-2H3,(H,22,23). The third kappa shape index (κ3) is 2.86. The van der Waals surface area contributed by atoms with Crippen LogP contribution in [0.25, 0.3) is 22.4 Å². The van der Waals surface area contributed by atoms with Crippen molar-refractivity contribution in [3.8, 4) is 17.1 Å². The summed E-state index contributed by atoms with van der Waals surface area (Å²) in [5.41, 5.74) is 2.54. The van der Waals surface area contributed by atoms with Crippen molar-refractivity contribution in [1.82, 2.24) is 9.55 Å². The lowest BCUT2D eigenvalue weighted by Crippen LogP contribution is -2.10. The number of carboxylic acids is 1. The maximum absolute atomic E-state index is 11.6. The predicted molar refractivity (Wildman–Crippen MR) is 89.4 cm³/mol. The van der Waals surface area contributed by atoms with Crippen LogP contribution in [0.2, 0.25) is 0 Å². The van der Waals surface area contributed by atoms with Crippen LogP contribution in [0, 0.1) is 0 Å². The first-order valence-electron chi connectivity index (χ1n) is 7.37. The first-order chi connectivity index (χ1) is 11.5. The van der Waals surface area contributed by atoms with Crippen LogP contribution in [-0.2, 0) is 11.3 Å². The van der Waals surface area contributed by atoms with Crippen LogP contribution in [0.4, 0.5) is 0 Å². The third-order valence-corrected chi connectivity index (χ3v) is 3.78. The quantitative estimate of drug-likeness (QED) is 0.730. The summed E-state index contributed by atoms with van der Waals surface area (Å²) < 4.78 is 6.85. The molecule has 0 atom stereocenters. The zero-order chi connectivity index (χ0) is 17.3. The van der Waals surface area contributed by atoms with Gasteiger partial charge in [0.1, 0.15) is 18.1 Å². The molecule has 0 saturated carbocycles. The van der Waals surface area contributed by atoms with E-state index >= 15 is 0 Å². The van der Waals surface area contributed by atoms with Crippen LogP contribution in [0.15, 0.2) is 42.5 Å². The summed E-state index contributed by atoms with van der Waals surface area (Å²) in [6.07, 6.45) is 0. The topological polar surface area (TPSA) is 81.4 Å². The van der Waals surface area contributed by atoms with Crippen molar-refractivity contribution in [3.63, 3.8) is 0 Å². The molecule has 1 aromatic heterocycles. The maximum Gasteiger partial charge on any atom is 0.323 e. The predicted octanol–water partition coefficient (Wildman–Crippen LogP) is 3.00. The van der Waals surface area contributed by atoms with Crippen molar-refractivity contribution in [3.05, 3.63) is 48.0 Å². The number of imidazole rings is 1. The highest BCUT2D eigenvalue weighted by Crippen LogP contribution is 2.28. The number of carbonyl (C=O) groups excluding carboxylic acids is 1. The average Bonchev–Trinajstić information content (AvgIpc) is 2.92. The monoisotopic (exact) mass is 324 g/mol. The first kappa shape index (κ1) is 15.7. The smallest absolute Gasteiger partial charge is 0.323 e. The van der Waals surface area contributed by atoms with E-state index in [0.29, 0.717) is 28.2 Å². The Labute approximate surface area is 138 Å². The third-order valence-electron chi connectivity index (χ3n) is 3.78. The van der Waals surface area contributed by atoms with E-state index in [1.54, 1.807) is 35.9 Å². The second-order valence-electron chi connectivity index (χ2n) is 5.41. The minimum absolute atomic E-state index is 0.0624. The second-order valence-corrected chi connectivity index (χ2v) is 5.41. The number of hydrogen-bond acceptors (Lipinski definition) is 4. The van der Waals surface area contributed by atoms with Gasteiger partial charge in [0.2, 0.25) is 0 Å². The highest BCUT2D eigenvalue weighted by atomic mass is 16.5. The Kier molecular flexibility index (Phi) is 4.04. The summed E-state index contributed by atoms with van der Waals surface area (Å²) in [7, 11) is 1.57. The summed E-state index contributed by atoms with van der Waals surface area (Å²) in [5.74, 6) is 0.152. The molecule has 3 rings (SSSR count). The molecule has 24 heavy (non-hydrogen) atoms. The molecule has 2 aromatic carbocycles.